The molecule has 3 aromatic rings. The van der Waals surface area contributed by atoms with Crippen LogP contribution in [0.4, 0.5) is 16.5 Å². The van der Waals surface area contributed by atoms with Gasteiger partial charge in [0.15, 0.2) is 0 Å². The molecule has 0 aliphatic carbocycles. The van der Waals surface area contributed by atoms with Crippen LogP contribution in [-0.2, 0) is 9.59 Å². The van der Waals surface area contributed by atoms with Crippen LogP contribution in [0.5, 0.6) is 5.75 Å². The van der Waals surface area contributed by atoms with Crippen LogP contribution in [0, 0.1) is 0 Å². The summed E-state index contributed by atoms with van der Waals surface area (Å²) in [5, 5.41) is 15.0. The monoisotopic (exact) mass is 493 g/mol. The van der Waals surface area contributed by atoms with Crippen LogP contribution in [0.3, 0.4) is 0 Å². The molecule has 0 radical (unpaired) electrons. The molecule has 9 nitrogen and oxygen atoms in total. The Bertz CT molecular complexity index is 1190. The average molecular weight is 494 g/mol. The fourth-order valence-corrected chi connectivity index (χ4v) is 4.60. The zero-order valence-corrected chi connectivity index (χ0v) is 20.4. The van der Waals surface area contributed by atoms with Gasteiger partial charge >= 0.3 is 0 Å². The Morgan fingerprint density at radius 3 is 2.51 bits per heavy atom. The van der Waals surface area contributed by atoms with Crippen LogP contribution >= 0.6 is 11.3 Å². The van der Waals surface area contributed by atoms with Gasteiger partial charge in [-0.3, -0.25) is 19.7 Å². The van der Waals surface area contributed by atoms with Crippen molar-refractivity contribution in [1.29, 1.82) is 0 Å². The average Bonchev–Trinajstić information content (AvgIpc) is 3.49. The smallest absolute Gasteiger partial charge is 0.257 e. The zero-order chi connectivity index (χ0) is 24.8. The third-order valence-corrected chi connectivity index (χ3v) is 6.71. The van der Waals surface area contributed by atoms with Gasteiger partial charge in [-0.05, 0) is 55.0 Å². The van der Waals surface area contributed by atoms with E-state index in [1.54, 1.807) is 36.3 Å². The Kier molecular flexibility index (Phi) is 7.71. The molecule has 0 spiro atoms. The number of aromatic nitrogens is 2. The van der Waals surface area contributed by atoms with E-state index in [-0.39, 0.29) is 23.6 Å². The van der Waals surface area contributed by atoms with Crippen molar-refractivity contribution in [2.45, 2.75) is 38.5 Å². The van der Waals surface area contributed by atoms with Crippen LogP contribution in [-0.4, -0.2) is 41.6 Å². The SMILES string of the molecule is CCCCC(=O)Nc1ccc(C(=O)Nc2nnc(C3CC(=O)N(c4ccc(OC)cc4)C3)s2)cc1. The van der Waals surface area contributed by atoms with Crippen molar-refractivity contribution in [2.24, 2.45) is 0 Å². The number of hydrogen-bond donors (Lipinski definition) is 2. The summed E-state index contributed by atoms with van der Waals surface area (Å²) in [5.74, 6) is 0.291. The van der Waals surface area contributed by atoms with E-state index < -0.39 is 0 Å². The molecule has 2 heterocycles. The van der Waals surface area contributed by atoms with E-state index in [2.05, 4.69) is 20.8 Å². The molecule has 0 bridgehead atoms. The molecule has 1 saturated heterocycles. The number of anilines is 3. The molecule has 1 aliphatic heterocycles. The van der Waals surface area contributed by atoms with E-state index >= 15 is 0 Å². The second-order valence-corrected chi connectivity index (χ2v) is 9.24. The normalized spacial score (nSPS) is 15.2. The van der Waals surface area contributed by atoms with Crippen molar-refractivity contribution in [3.8, 4) is 5.75 Å². The van der Waals surface area contributed by atoms with Crippen molar-refractivity contribution in [1.82, 2.24) is 10.2 Å². The number of rotatable bonds is 9. The molecule has 10 heteroatoms. The minimum absolute atomic E-state index is 0.0165. The van der Waals surface area contributed by atoms with Gasteiger partial charge in [-0.25, -0.2) is 0 Å². The maximum Gasteiger partial charge on any atom is 0.257 e. The summed E-state index contributed by atoms with van der Waals surface area (Å²) in [6.45, 7) is 2.53. The summed E-state index contributed by atoms with van der Waals surface area (Å²) < 4.78 is 5.18. The number of nitrogens with one attached hydrogen (secondary N) is 2. The second kappa shape index (κ2) is 11.1. The molecule has 1 unspecified atom stereocenters. The second-order valence-electron chi connectivity index (χ2n) is 8.23. The van der Waals surface area contributed by atoms with E-state index in [0.717, 1.165) is 24.3 Å². The lowest BCUT2D eigenvalue weighted by atomic mass is 10.1. The Morgan fingerprint density at radius 2 is 1.83 bits per heavy atom. The topological polar surface area (TPSA) is 114 Å². The summed E-state index contributed by atoms with van der Waals surface area (Å²) in [6, 6.07) is 14.0. The summed E-state index contributed by atoms with van der Waals surface area (Å²) in [7, 11) is 1.60. The Morgan fingerprint density at radius 1 is 1.09 bits per heavy atom. The number of benzene rings is 2. The van der Waals surface area contributed by atoms with Crippen LogP contribution in [0.25, 0.3) is 0 Å². The fraction of sp³-hybridized carbons (Fsp3) is 0.320. The number of methoxy groups -OCH3 is 1. The van der Waals surface area contributed by atoms with Gasteiger partial charge in [0.25, 0.3) is 5.91 Å². The molecule has 1 aliphatic rings. The highest BCUT2D eigenvalue weighted by molar-refractivity contribution is 7.15. The van der Waals surface area contributed by atoms with Gasteiger partial charge < -0.3 is 15.0 Å². The fourth-order valence-electron chi connectivity index (χ4n) is 3.77. The molecule has 3 amide bonds. The molecule has 0 saturated carbocycles. The number of amides is 3. The predicted octanol–water partition coefficient (Wildman–Crippen LogP) is 4.45. The zero-order valence-electron chi connectivity index (χ0n) is 19.6. The number of ether oxygens (including phenoxy) is 1. The van der Waals surface area contributed by atoms with Crippen LogP contribution in [0.15, 0.2) is 48.5 Å². The van der Waals surface area contributed by atoms with Crippen molar-refractivity contribution < 1.29 is 19.1 Å². The predicted molar refractivity (Wildman–Crippen MR) is 135 cm³/mol. The molecule has 1 atom stereocenters. The van der Waals surface area contributed by atoms with Gasteiger partial charge in [-0.1, -0.05) is 24.7 Å². The molecule has 4 rings (SSSR count). The van der Waals surface area contributed by atoms with Crippen molar-refractivity contribution in [3.05, 3.63) is 59.1 Å². The van der Waals surface area contributed by atoms with Crippen LogP contribution < -0.4 is 20.3 Å². The Balaban J connectivity index is 1.34. The lowest BCUT2D eigenvalue weighted by Crippen LogP contribution is -2.24. The maximum atomic E-state index is 12.6. The van der Waals surface area contributed by atoms with Crippen LogP contribution in [0.1, 0.15) is 53.9 Å². The summed E-state index contributed by atoms with van der Waals surface area (Å²) in [6.07, 6.45) is 2.60. The third-order valence-electron chi connectivity index (χ3n) is 5.71. The highest BCUT2D eigenvalue weighted by Gasteiger charge is 2.34. The minimum atomic E-state index is -0.320. The van der Waals surface area contributed by atoms with E-state index in [4.69, 9.17) is 4.74 Å². The highest BCUT2D eigenvalue weighted by Crippen LogP contribution is 2.34. The first-order valence-corrected chi connectivity index (χ1v) is 12.3. The standard InChI is InChI=1S/C25H27N5O4S/c1-3-4-5-21(31)26-18-8-6-16(7-9-18)23(33)27-25-29-28-24(35-25)17-14-22(32)30(15-17)19-10-12-20(34-2)13-11-19/h6-13,17H,3-5,14-15H2,1-2H3,(H,26,31)(H,27,29,33). The van der Waals surface area contributed by atoms with Gasteiger partial charge in [0.1, 0.15) is 10.8 Å². The summed E-state index contributed by atoms with van der Waals surface area (Å²) in [5.41, 5.74) is 1.89. The maximum absolute atomic E-state index is 12.6. The Hall–Kier alpha value is -3.79. The van der Waals surface area contributed by atoms with Crippen LogP contribution in [0.2, 0.25) is 0 Å². The molecular weight excluding hydrogens is 466 g/mol. The molecule has 35 heavy (non-hydrogen) atoms. The third kappa shape index (κ3) is 6.02. The lowest BCUT2D eigenvalue weighted by Gasteiger charge is -2.16. The first-order valence-electron chi connectivity index (χ1n) is 11.5. The van der Waals surface area contributed by atoms with Crippen molar-refractivity contribution in [2.75, 3.05) is 29.2 Å². The quantitative estimate of drug-likeness (QED) is 0.455. The van der Waals surface area contributed by atoms with E-state index in [9.17, 15) is 14.4 Å². The van der Waals surface area contributed by atoms with Gasteiger partial charge in [-0.2, -0.15) is 0 Å². The van der Waals surface area contributed by atoms with Gasteiger partial charge in [-0.15, -0.1) is 10.2 Å². The minimum Gasteiger partial charge on any atom is -0.497 e. The molecule has 182 valence electrons. The lowest BCUT2D eigenvalue weighted by molar-refractivity contribution is -0.117. The first-order chi connectivity index (χ1) is 17.0. The number of carbonyl (C=O) groups excluding carboxylic acids is 3. The molecule has 2 N–H and O–H groups in total. The first kappa shape index (κ1) is 24.3. The highest BCUT2D eigenvalue weighted by atomic mass is 32.1. The summed E-state index contributed by atoms with van der Waals surface area (Å²) >= 11 is 1.27. The van der Waals surface area contributed by atoms with Crippen molar-refractivity contribution in [3.63, 3.8) is 0 Å². The van der Waals surface area contributed by atoms with E-state index in [1.165, 1.54) is 11.3 Å². The van der Waals surface area contributed by atoms with E-state index in [0.29, 0.717) is 40.8 Å². The Labute approximate surface area is 207 Å². The van der Waals surface area contributed by atoms with Gasteiger partial charge in [0.2, 0.25) is 16.9 Å². The largest absolute Gasteiger partial charge is 0.497 e. The van der Waals surface area contributed by atoms with Crippen molar-refractivity contribution >= 4 is 45.6 Å². The number of nitrogens with zero attached hydrogens (tertiary/aromatic N) is 3. The summed E-state index contributed by atoms with van der Waals surface area (Å²) in [4.78, 5) is 38.8. The van der Waals surface area contributed by atoms with Gasteiger partial charge in [0.05, 0.1) is 7.11 Å². The number of hydrogen-bond acceptors (Lipinski definition) is 7. The molecule has 1 aromatic heterocycles. The number of carbonyl (C=O) groups is 3. The van der Waals surface area contributed by atoms with E-state index in [1.807, 2.05) is 31.2 Å². The number of unbranched alkanes of at least 4 members (excludes halogenated alkanes) is 1. The molecular formula is C25H27N5O4S. The molecule has 1 fully saturated rings. The van der Waals surface area contributed by atoms with Gasteiger partial charge in [0, 0.05) is 42.2 Å². The molecule has 2 aromatic carbocycles.